The van der Waals surface area contributed by atoms with Crippen LogP contribution < -0.4 is 5.32 Å². The molecule has 0 saturated carbocycles. The van der Waals surface area contributed by atoms with Gasteiger partial charge in [0.1, 0.15) is 0 Å². The van der Waals surface area contributed by atoms with E-state index in [0.717, 1.165) is 0 Å². The average molecular weight is 396 g/mol. The van der Waals surface area contributed by atoms with E-state index in [1.165, 1.54) is 0 Å². The molecule has 0 radical (unpaired) electrons. The summed E-state index contributed by atoms with van der Waals surface area (Å²) in [6.07, 6.45) is 1.93. The average Bonchev–Trinajstić information content (AvgIpc) is 2.74. The molecular formula is C23H28N2O4. The molecule has 0 bridgehead atoms. The van der Waals surface area contributed by atoms with Crippen LogP contribution in [0, 0.1) is 11.3 Å². The van der Waals surface area contributed by atoms with Gasteiger partial charge in [-0.1, -0.05) is 39.0 Å². The van der Waals surface area contributed by atoms with E-state index < -0.39 is 17.9 Å². The number of nitrogens with zero attached hydrogens (tertiary/aromatic N) is 1. The van der Waals surface area contributed by atoms with Gasteiger partial charge in [0.15, 0.2) is 0 Å². The predicted molar refractivity (Wildman–Crippen MR) is 110 cm³/mol. The lowest BCUT2D eigenvalue weighted by molar-refractivity contribution is -0.140. The maximum atomic E-state index is 13.0. The molecule has 6 heteroatoms. The SMILES string of the molecule is CCCOC(=O)C1=C(C)NC(CC)=C(C(=O)OCCC)C1c1ccccc1C#N. The summed E-state index contributed by atoms with van der Waals surface area (Å²) >= 11 is 0. The van der Waals surface area contributed by atoms with Crippen LogP contribution in [0.5, 0.6) is 0 Å². The van der Waals surface area contributed by atoms with E-state index >= 15 is 0 Å². The molecular weight excluding hydrogens is 368 g/mol. The number of dihydropyridines is 1. The summed E-state index contributed by atoms with van der Waals surface area (Å²) in [5.74, 6) is -1.71. The smallest absolute Gasteiger partial charge is 0.336 e. The molecule has 2 rings (SSSR count). The molecule has 0 amide bonds. The highest BCUT2D eigenvalue weighted by molar-refractivity contribution is 6.00. The van der Waals surface area contributed by atoms with Gasteiger partial charge in [0.05, 0.1) is 41.9 Å². The van der Waals surface area contributed by atoms with Crippen molar-refractivity contribution in [3.05, 3.63) is 57.9 Å². The molecule has 0 aromatic heterocycles. The molecule has 1 aromatic carbocycles. The number of hydrogen-bond acceptors (Lipinski definition) is 6. The summed E-state index contributed by atoms with van der Waals surface area (Å²) in [7, 11) is 0. The summed E-state index contributed by atoms with van der Waals surface area (Å²) in [5.41, 5.74) is 3.00. The molecule has 0 saturated heterocycles. The molecule has 0 aliphatic carbocycles. The molecule has 1 atom stereocenters. The molecule has 6 nitrogen and oxygen atoms in total. The normalized spacial score (nSPS) is 16.2. The van der Waals surface area contributed by atoms with Crippen LogP contribution >= 0.6 is 0 Å². The van der Waals surface area contributed by atoms with Crippen LogP contribution in [0.15, 0.2) is 46.8 Å². The fraction of sp³-hybridized carbons (Fsp3) is 0.435. The summed E-state index contributed by atoms with van der Waals surface area (Å²) in [6, 6.07) is 9.19. The Balaban J connectivity index is 2.69. The summed E-state index contributed by atoms with van der Waals surface area (Å²) < 4.78 is 10.8. The van der Waals surface area contributed by atoms with Gasteiger partial charge in [-0.2, -0.15) is 5.26 Å². The van der Waals surface area contributed by atoms with Gasteiger partial charge in [-0.3, -0.25) is 0 Å². The first-order chi connectivity index (χ1) is 14.0. The largest absolute Gasteiger partial charge is 0.462 e. The number of esters is 2. The molecule has 1 aliphatic heterocycles. The van der Waals surface area contributed by atoms with Crippen molar-refractivity contribution in [2.24, 2.45) is 0 Å². The minimum atomic E-state index is -0.726. The van der Waals surface area contributed by atoms with Crippen molar-refractivity contribution in [3.8, 4) is 6.07 Å². The lowest BCUT2D eigenvalue weighted by Gasteiger charge is -2.31. The van der Waals surface area contributed by atoms with Crippen LogP contribution in [0.2, 0.25) is 0 Å². The molecule has 0 spiro atoms. The van der Waals surface area contributed by atoms with Gasteiger partial charge >= 0.3 is 11.9 Å². The molecule has 1 aliphatic rings. The van der Waals surface area contributed by atoms with Gasteiger partial charge in [-0.25, -0.2) is 9.59 Å². The third kappa shape index (κ3) is 4.86. The van der Waals surface area contributed by atoms with Gasteiger partial charge in [-0.05, 0) is 37.8 Å². The molecule has 1 N–H and O–H groups in total. The molecule has 1 unspecified atom stereocenters. The number of benzene rings is 1. The number of carbonyl (C=O) groups is 2. The highest BCUT2D eigenvalue weighted by Gasteiger charge is 2.39. The monoisotopic (exact) mass is 396 g/mol. The van der Waals surface area contributed by atoms with Crippen LogP contribution in [0.3, 0.4) is 0 Å². The van der Waals surface area contributed by atoms with Gasteiger partial charge in [-0.15, -0.1) is 0 Å². The second-order valence-electron chi connectivity index (χ2n) is 6.81. The van der Waals surface area contributed by atoms with E-state index in [2.05, 4.69) is 11.4 Å². The van der Waals surface area contributed by atoms with Gasteiger partial charge in [0.25, 0.3) is 0 Å². The number of nitrogens with one attached hydrogen (secondary N) is 1. The number of nitriles is 1. The van der Waals surface area contributed by atoms with Crippen LogP contribution in [0.25, 0.3) is 0 Å². The van der Waals surface area contributed by atoms with Crippen LogP contribution in [0.4, 0.5) is 0 Å². The zero-order valence-electron chi connectivity index (χ0n) is 17.5. The molecule has 1 heterocycles. The lowest BCUT2D eigenvalue weighted by atomic mass is 9.78. The lowest BCUT2D eigenvalue weighted by Crippen LogP contribution is -2.33. The quantitative estimate of drug-likeness (QED) is 0.666. The highest BCUT2D eigenvalue weighted by atomic mass is 16.5. The Morgan fingerprint density at radius 3 is 2.17 bits per heavy atom. The number of hydrogen-bond donors (Lipinski definition) is 1. The van der Waals surface area contributed by atoms with Crippen LogP contribution in [-0.2, 0) is 19.1 Å². The topological polar surface area (TPSA) is 88.4 Å². The Bertz CT molecular complexity index is 877. The Morgan fingerprint density at radius 1 is 1.03 bits per heavy atom. The molecule has 154 valence electrons. The van der Waals surface area contributed by atoms with E-state index in [1.54, 1.807) is 31.2 Å². The van der Waals surface area contributed by atoms with Crippen molar-refractivity contribution in [3.63, 3.8) is 0 Å². The fourth-order valence-corrected chi connectivity index (χ4v) is 3.39. The van der Waals surface area contributed by atoms with Gasteiger partial charge in [0.2, 0.25) is 0 Å². The van der Waals surface area contributed by atoms with Crippen molar-refractivity contribution < 1.29 is 19.1 Å². The summed E-state index contributed by atoms with van der Waals surface area (Å²) in [5, 5.41) is 12.8. The maximum absolute atomic E-state index is 13.0. The number of allylic oxidation sites excluding steroid dienone is 2. The Morgan fingerprint density at radius 2 is 1.62 bits per heavy atom. The third-order valence-corrected chi connectivity index (χ3v) is 4.71. The molecule has 29 heavy (non-hydrogen) atoms. The van der Waals surface area contributed by atoms with Crippen LogP contribution in [0.1, 0.15) is 64.0 Å². The summed E-state index contributed by atoms with van der Waals surface area (Å²) in [4.78, 5) is 26.0. The number of rotatable bonds is 8. The number of ether oxygens (including phenoxy) is 2. The van der Waals surface area contributed by atoms with Gasteiger partial charge < -0.3 is 14.8 Å². The van der Waals surface area contributed by atoms with E-state index in [4.69, 9.17) is 9.47 Å². The highest BCUT2D eigenvalue weighted by Crippen LogP contribution is 2.41. The number of carbonyl (C=O) groups excluding carboxylic acids is 2. The first-order valence-corrected chi connectivity index (χ1v) is 10.0. The minimum Gasteiger partial charge on any atom is -0.462 e. The van der Waals surface area contributed by atoms with Crippen molar-refractivity contribution >= 4 is 11.9 Å². The first-order valence-electron chi connectivity index (χ1n) is 10.0. The standard InChI is InChI=1S/C23H28N2O4/c1-5-12-28-22(26)19-15(4)25-18(7-3)21(23(27)29-13-6-2)20(19)17-11-9-8-10-16(17)14-24/h8-11,20,25H,5-7,12-13H2,1-4H3. The maximum Gasteiger partial charge on any atom is 0.336 e. The predicted octanol–water partition coefficient (Wildman–Crippen LogP) is 4.09. The minimum absolute atomic E-state index is 0.280. The third-order valence-electron chi connectivity index (χ3n) is 4.71. The Hall–Kier alpha value is -3.07. The van der Waals surface area contributed by atoms with E-state index in [0.29, 0.717) is 52.9 Å². The second kappa shape index (κ2) is 10.5. The Labute approximate surface area is 172 Å². The van der Waals surface area contributed by atoms with Gasteiger partial charge in [0, 0.05) is 11.4 Å². The van der Waals surface area contributed by atoms with Crippen molar-refractivity contribution in [2.45, 2.75) is 52.9 Å². The zero-order valence-corrected chi connectivity index (χ0v) is 17.5. The van der Waals surface area contributed by atoms with Crippen molar-refractivity contribution in [2.75, 3.05) is 13.2 Å². The Kier molecular flexibility index (Phi) is 8.02. The molecule has 1 aromatic rings. The second-order valence-corrected chi connectivity index (χ2v) is 6.81. The zero-order chi connectivity index (χ0) is 21.4. The first kappa shape index (κ1) is 22.2. The van der Waals surface area contributed by atoms with Crippen LogP contribution in [-0.4, -0.2) is 25.2 Å². The molecule has 0 fully saturated rings. The van der Waals surface area contributed by atoms with E-state index in [9.17, 15) is 14.9 Å². The fourth-order valence-electron chi connectivity index (χ4n) is 3.39. The van der Waals surface area contributed by atoms with Crippen molar-refractivity contribution in [1.82, 2.24) is 5.32 Å². The van der Waals surface area contributed by atoms with Crippen molar-refractivity contribution in [1.29, 1.82) is 5.26 Å². The van der Waals surface area contributed by atoms with E-state index in [-0.39, 0.29) is 13.2 Å². The summed E-state index contributed by atoms with van der Waals surface area (Å²) in [6.45, 7) is 8.11. The van der Waals surface area contributed by atoms with E-state index in [1.807, 2.05) is 20.8 Å².